The van der Waals surface area contributed by atoms with Crippen molar-refractivity contribution in [2.45, 2.75) is 43.8 Å². The highest BCUT2D eigenvalue weighted by molar-refractivity contribution is 5.63. The lowest BCUT2D eigenvalue weighted by Crippen LogP contribution is -2.47. The number of fused-ring (bicyclic) bond motifs is 2. The van der Waals surface area contributed by atoms with Gasteiger partial charge in [0.05, 0.1) is 16.2 Å². The summed E-state index contributed by atoms with van der Waals surface area (Å²) in [4.78, 5) is 12.5. The average molecular weight is 286 g/mol. The minimum Gasteiger partial charge on any atom is -0.370 e. The largest absolute Gasteiger partial charge is 0.370 e. The molecule has 3 rings (SSSR count). The highest BCUT2D eigenvalue weighted by atomic mass is 16.6. The SMILES string of the molecule is CN(c1ccc([N+](=O)[O-])cc1C#N)C1CC2CCC(C1)N2. The molecule has 2 aliphatic heterocycles. The van der Waals surface area contributed by atoms with Crippen LogP contribution in [0.25, 0.3) is 0 Å². The molecular formula is C15H18N4O2. The van der Waals surface area contributed by atoms with Gasteiger partial charge in [-0.15, -0.1) is 0 Å². The quantitative estimate of drug-likeness (QED) is 0.680. The van der Waals surface area contributed by atoms with Crippen molar-refractivity contribution >= 4 is 11.4 Å². The average Bonchev–Trinajstić information content (AvgIpc) is 2.84. The Morgan fingerprint density at radius 2 is 2.05 bits per heavy atom. The first kappa shape index (κ1) is 13.8. The van der Waals surface area contributed by atoms with E-state index in [4.69, 9.17) is 0 Å². The summed E-state index contributed by atoms with van der Waals surface area (Å²) in [6, 6.07) is 8.14. The zero-order valence-corrected chi connectivity index (χ0v) is 12.0. The van der Waals surface area contributed by atoms with Crippen LogP contribution in [0.1, 0.15) is 31.2 Å². The number of nitro benzene ring substituents is 1. The molecule has 1 aromatic carbocycles. The maximum Gasteiger partial charge on any atom is 0.270 e. The second-order valence-electron chi connectivity index (χ2n) is 5.94. The molecule has 6 nitrogen and oxygen atoms in total. The monoisotopic (exact) mass is 286 g/mol. The van der Waals surface area contributed by atoms with E-state index in [1.165, 1.54) is 25.0 Å². The van der Waals surface area contributed by atoms with E-state index in [2.05, 4.69) is 16.3 Å². The molecular weight excluding hydrogens is 268 g/mol. The Kier molecular flexibility index (Phi) is 3.52. The minimum absolute atomic E-state index is 0.0333. The highest BCUT2D eigenvalue weighted by Crippen LogP contribution is 2.33. The number of nitrogens with zero attached hydrogens (tertiary/aromatic N) is 3. The summed E-state index contributed by atoms with van der Waals surface area (Å²) < 4.78 is 0. The first-order valence-corrected chi connectivity index (χ1v) is 7.26. The fourth-order valence-corrected chi connectivity index (χ4v) is 3.57. The summed E-state index contributed by atoms with van der Waals surface area (Å²) >= 11 is 0. The number of nitriles is 1. The van der Waals surface area contributed by atoms with E-state index in [0.717, 1.165) is 18.5 Å². The number of hydrogen-bond donors (Lipinski definition) is 1. The fraction of sp³-hybridized carbons (Fsp3) is 0.533. The lowest BCUT2D eigenvalue weighted by Gasteiger charge is -2.37. The summed E-state index contributed by atoms with van der Waals surface area (Å²) in [6.07, 6.45) is 4.57. The zero-order chi connectivity index (χ0) is 15.0. The number of hydrogen-bond acceptors (Lipinski definition) is 5. The summed E-state index contributed by atoms with van der Waals surface area (Å²) in [6.45, 7) is 0. The van der Waals surface area contributed by atoms with Crippen molar-refractivity contribution in [3.8, 4) is 6.07 Å². The smallest absolute Gasteiger partial charge is 0.270 e. The molecule has 2 heterocycles. The van der Waals surface area contributed by atoms with Crippen LogP contribution in [-0.2, 0) is 0 Å². The van der Waals surface area contributed by atoms with Crippen molar-refractivity contribution in [3.63, 3.8) is 0 Å². The maximum absolute atomic E-state index is 10.8. The number of nitro groups is 1. The Bertz CT molecular complexity index is 598. The van der Waals surface area contributed by atoms with Gasteiger partial charge in [0, 0.05) is 37.3 Å². The predicted octanol–water partition coefficient (Wildman–Crippen LogP) is 2.19. The van der Waals surface area contributed by atoms with E-state index in [9.17, 15) is 15.4 Å². The summed E-state index contributed by atoms with van der Waals surface area (Å²) in [5.41, 5.74) is 1.13. The molecule has 0 aliphatic carbocycles. The molecule has 6 heteroatoms. The number of anilines is 1. The van der Waals surface area contributed by atoms with Crippen LogP contribution in [0, 0.1) is 21.4 Å². The van der Waals surface area contributed by atoms with Crippen LogP contribution in [0.2, 0.25) is 0 Å². The van der Waals surface area contributed by atoms with Crippen molar-refractivity contribution in [1.82, 2.24) is 5.32 Å². The Morgan fingerprint density at radius 1 is 1.38 bits per heavy atom. The molecule has 1 aromatic rings. The Labute approximate surface area is 123 Å². The number of benzene rings is 1. The molecule has 2 bridgehead atoms. The van der Waals surface area contributed by atoms with Gasteiger partial charge in [0.15, 0.2) is 0 Å². The van der Waals surface area contributed by atoms with Gasteiger partial charge in [-0.05, 0) is 31.7 Å². The number of rotatable bonds is 3. The van der Waals surface area contributed by atoms with E-state index in [-0.39, 0.29) is 5.69 Å². The third kappa shape index (κ3) is 2.57. The number of non-ortho nitro benzene ring substituents is 1. The molecule has 2 aliphatic rings. The fourth-order valence-electron chi connectivity index (χ4n) is 3.57. The van der Waals surface area contributed by atoms with Gasteiger partial charge >= 0.3 is 0 Å². The van der Waals surface area contributed by atoms with Gasteiger partial charge < -0.3 is 10.2 Å². The van der Waals surface area contributed by atoms with Crippen LogP contribution in [0.15, 0.2) is 18.2 Å². The topological polar surface area (TPSA) is 82.2 Å². The molecule has 2 saturated heterocycles. The minimum atomic E-state index is -0.463. The Morgan fingerprint density at radius 3 is 2.62 bits per heavy atom. The summed E-state index contributed by atoms with van der Waals surface area (Å²) in [7, 11) is 1.98. The normalized spacial score (nSPS) is 27.1. The molecule has 0 aromatic heterocycles. The Hall–Kier alpha value is -2.13. The zero-order valence-electron chi connectivity index (χ0n) is 12.0. The van der Waals surface area contributed by atoms with E-state index >= 15 is 0 Å². The van der Waals surface area contributed by atoms with Crippen molar-refractivity contribution < 1.29 is 4.92 Å². The van der Waals surface area contributed by atoms with E-state index < -0.39 is 4.92 Å². The first-order chi connectivity index (χ1) is 10.1. The standard InChI is InChI=1S/C15H18N4O2/c1-18(14-7-11-2-3-12(8-14)17-11)15-5-4-13(19(20)21)6-10(15)9-16/h4-6,11-12,14,17H,2-3,7-8H2,1H3. The van der Waals surface area contributed by atoms with Gasteiger partial charge in [-0.1, -0.05) is 0 Å². The van der Waals surface area contributed by atoms with Gasteiger partial charge in [0.25, 0.3) is 5.69 Å². The highest BCUT2D eigenvalue weighted by Gasteiger charge is 2.35. The van der Waals surface area contributed by atoms with Crippen molar-refractivity contribution in [1.29, 1.82) is 5.26 Å². The molecule has 2 atom stereocenters. The van der Waals surface area contributed by atoms with Gasteiger partial charge in [-0.25, -0.2) is 0 Å². The summed E-state index contributed by atoms with van der Waals surface area (Å²) in [5.74, 6) is 0. The van der Waals surface area contributed by atoms with E-state index in [0.29, 0.717) is 23.7 Å². The lowest BCUT2D eigenvalue weighted by molar-refractivity contribution is -0.384. The first-order valence-electron chi connectivity index (χ1n) is 7.26. The van der Waals surface area contributed by atoms with E-state index in [1.807, 2.05) is 7.05 Å². The van der Waals surface area contributed by atoms with E-state index in [1.54, 1.807) is 6.07 Å². The molecule has 2 unspecified atom stereocenters. The number of piperidine rings is 1. The van der Waals surface area contributed by atoms with Crippen LogP contribution in [0.4, 0.5) is 11.4 Å². The van der Waals surface area contributed by atoms with Crippen LogP contribution in [0.5, 0.6) is 0 Å². The van der Waals surface area contributed by atoms with Crippen LogP contribution in [-0.4, -0.2) is 30.1 Å². The third-order valence-corrected chi connectivity index (χ3v) is 4.69. The Balaban J connectivity index is 1.86. The second kappa shape index (κ2) is 5.34. The molecule has 2 fully saturated rings. The summed E-state index contributed by atoms with van der Waals surface area (Å²) in [5, 5.41) is 23.7. The molecule has 21 heavy (non-hydrogen) atoms. The van der Waals surface area contributed by atoms with Gasteiger partial charge in [-0.3, -0.25) is 10.1 Å². The molecule has 0 saturated carbocycles. The van der Waals surface area contributed by atoms with Gasteiger partial charge in [0.1, 0.15) is 6.07 Å². The second-order valence-corrected chi connectivity index (χ2v) is 5.94. The predicted molar refractivity (Wildman–Crippen MR) is 79.2 cm³/mol. The third-order valence-electron chi connectivity index (χ3n) is 4.69. The van der Waals surface area contributed by atoms with Crippen molar-refractivity contribution in [2.24, 2.45) is 0 Å². The lowest BCUT2D eigenvalue weighted by atomic mass is 9.97. The molecule has 1 N–H and O–H groups in total. The molecule has 0 radical (unpaired) electrons. The van der Waals surface area contributed by atoms with Gasteiger partial charge in [0.2, 0.25) is 0 Å². The van der Waals surface area contributed by atoms with Crippen LogP contribution < -0.4 is 10.2 Å². The van der Waals surface area contributed by atoms with Gasteiger partial charge in [-0.2, -0.15) is 5.26 Å². The molecule has 0 spiro atoms. The van der Waals surface area contributed by atoms with Crippen molar-refractivity contribution in [2.75, 3.05) is 11.9 Å². The number of nitrogens with one attached hydrogen (secondary N) is 1. The van der Waals surface area contributed by atoms with Crippen molar-refractivity contribution in [3.05, 3.63) is 33.9 Å². The maximum atomic E-state index is 10.8. The van der Waals surface area contributed by atoms with Crippen LogP contribution in [0.3, 0.4) is 0 Å². The molecule has 110 valence electrons. The van der Waals surface area contributed by atoms with Crippen LogP contribution >= 0.6 is 0 Å². The molecule has 0 amide bonds.